The second-order valence-corrected chi connectivity index (χ2v) is 4.84. The quantitative estimate of drug-likeness (QED) is 0.848. The van der Waals surface area contributed by atoms with E-state index in [1.165, 1.54) is 0 Å². The Morgan fingerprint density at radius 3 is 2.87 bits per heavy atom. The molecule has 1 atom stereocenters. The van der Waals surface area contributed by atoms with Crippen LogP contribution in [0.5, 0.6) is 11.5 Å². The molecule has 2 aromatic rings. The van der Waals surface area contributed by atoms with Gasteiger partial charge in [-0.15, -0.1) is 0 Å². The number of fused-ring (bicyclic) bond motifs is 1. The van der Waals surface area contributed by atoms with Crippen LogP contribution in [0.25, 0.3) is 0 Å². The van der Waals surface area contributed by atoms with Crippen LogP contribution in [-0.2, 0) is 14.3 Å². The van der Waals surface area contributed by atoms with E-state index in [9.17, 15) is 9.59 Å². The molecule has 0 saturated heterocycles. The number of amides is 1. The molecule has 3 rings (SSSR count). The van der Waals surface area contributed by atoms with Gasteiger partial charge in [-0.3, -0.25) is 4.79 Å². The van der Waals surface area contributed by atoms with Gasteiger partial charge in [-0.2, -0.15) is 0 Å². The molecule has 1 aliphatic heterocycles. The first kappa shape index (κ1) is 14.9. The zero-order valence-corrected chi connectivity index (χ0v) is 12.3. The highest BCUT2D eigenvalue weighted by Gasteiger charge is 2.29. The van der Waals surface area contributed by atoms with Crippen LogP contribution in [0.2, 0.25) is 0 Å². The molecule has 1 N–H and O–H groups in total. The van der Waals surface area contributed by atoms with Gasteiger partial charge in [0.25, 0.3) is 5.91 Å². The molecule has 23 heavy (non-hydrogen) atoms. The van der Waals surface area contributed by atoms with E-state index >= 15 is 0 Å². The standard InChI is InChI=1S/C15H14N2O6/c1-9-6-13(17-23-9)16-14(18)8-21-15(19)12-7-20-10-4-2-3-5-11(10)22-12/h2-6,12H,7-8H2,1H3,(H,16,17,18)/t12-/m0/s1. The lowest BCUT2D eigenvalue weighted by molar-refractivity contribution is -0.156. The largest absolute Gasteiger partial charge is 0.485 e. The molecule has 8 nitrogen and oxygen atoms in total. The Bertz CT molecular complexity index is 726. The van der Waals surface area contributed by atoms with E-state index < -0.39 is 24.6 Å². The minimum atomic E-state index is -0.910. The molecule has 1 aromatic carbocycles. The van der Waals surface area contributed by atoms with Gasteiger partial charge in [0.2, 0.25) is 6.10 Å². The van der Waals surface area contributed by atoms with Crippen molar-refractivity contribution in [3.63, 3.8) is 0 Å². The Morgan fingerprint density at radius 2 is 2.13 bits per heavy atom. The predicted molar refractivity (Wildman–Crippen MR) is 77.2 cm³/mol. The second-order valence-electron chi connectivity index (χ2n) is 4.84. The first-order valence-electron chi connectivity index (χ1n) is 6.90. The van der Waals surface area contributed by atoms with Gasteiger partial charge in [-0.05, 0) is 19.1 Å². The zero-order chi connectivity index (χ0) is 16.2. The molecule has 1 aliphatic rings. The fourth-order valence-electron chi connectivity index (χ4n) is 1.97. The summed E-state index contributed by atoms with van der Waals surface area (Å²) < 4.78 is 20.6. The van der Waals surface area contributed by atoms with Crippen LogP contribution in [0.4, 0.5) is 5.82 Å². The molecule has 1 aromatic heterocycles. The topological polar surface area (TPSA) is 99.9 Å². The number of para-hydroxylation sites is 2. The molecule has 0 aliphatic carbocycles. The van der Waals surface area contributed by atoms with Crippen molar-refractivity contribution < 1.29 is 28.3 Å². The fourth-order valence-corrected chi connectivity index (χ4v) is 1.97. The number of carbonyl (C=O) groups excluding carboxylic acids is 2. The maximum atomic E-state index is 11.9. The van der Waals surface area contributed by atoms with E-state index in [4.69, 9.17) is 18.7 Å². The van der Waals surface area contributed by atoms with Gasteiger partial charge >= 0.3 is 5.97 Å². The number of hydrogen-bond donors (Lipinski definition) is 1. The average Bonchev–Trinajstić information content (AvgIpc) is 2.97. The first-order chi connectivity index (χ1) is 11.1. The molecule has 0 bridgehead atoms. The number of benzene rings is 1. The Hall–Kier alpha value is -3.03. The molecular weight excluding hydrogens is 304 g/mol. The maximum absolute atomic E-state index is 11.9. The fraction of sp³-hybridized carbons (Fsp3) is 0.267. The molecule has 120 valence electrons. The zero-order valence-electron chi connectivity index (χ0n) is 12.3. The summed E-state index contributed by atoms with van der Waals surface area (Å²) >= 11 is 0. The molecule has 8 heteroatoms. The number of aromatic nitrogens is 1. The van der Waals surface area contributed by atoms with Gasteiger partial charge in [0.15, 0.2) is 23.9 Å². The number of aryl methyl sites for hydroxylation is 1. The van der Waals surface area contributed by atoms with Crippen LogP contribution < -0.4 is 14.8 Å². The molecule has 1 amide bonds. The van der Waals surface area contributed by atoms with Crippen molar-refractivity contribution in [1.29, 1.82) is 0 Å². The monoisotopic (exact) mass is 318 g/mol. The van der Waals surface area contributed by atoms with Crippen LogP contribution in [0.1, 0.15) is 5.76 Å². The summed E-state index contributed by atoms with van der Waals surface area (Å²) in [6.07, 6.45) is -0.910. The molecule has 2 heterocycles. The van der Waals surface area contributed by atoms with Gasteiger partial charge in [0, 0.05) is 6.07 Å². The smallest absolute Gasteiger partial charge is 0.351 e. The van der Waals surface area contributed by atoms with Crippen LogP contribution in [0, 0.1) is 6.92 Å². The third-order valence-electron chi connectivity index (χ3n) is 3.01. The highest BCUT2D eigenvalue weighted by atomic mass is 16.6. The van der Waals surface area contributed by atoms with Gasteiger partial charge in [0.05, 0.1) is 0 Å². The van der Waals surface area contributed by atoms with E-state index in [1.54, 1.807) is 37.3 Å². The highest BCUT2D eigenvalue weighted by Crippen LogP contribution is 2.31. The highest BCUT2D eigenvalue weighted by molar-refractivity contribution is 5.92. The number of carbonyl (C=O) groups is 2. The van der Waals surface area contributed by atoms with Crippen LogP contribution in [-0.4, -0.2) is 36.4 Å². The number of nitrogens with one attached hydrogen (secondary N) is 1. The summed E-state index contributed by atoms with van der Waals surface area (Å²) in [6, 6.07) is 8.55. The second kappa shape index (κ2) is 6.39. The lowest BCUT2D eigenvalue weighted by Crippen LogP contribution is -2.39. The summed E-state index contributed by atoms with van der Waals surface area (Å²) in [7, 11) is 0. The number of anilines is 1. The predicted octanol–water partition coefficient (Wildman–Crippen LogP) is 1.30. The third-order valence-corrected chi connectivity index (χ3v) is 3.01. The van der Waals surface area contributed by atoms with E-state index in [2.05, 4.69) is 10.5 Å². The van der Waals surface area contributed by atoms with E-state index in [0.29, 0.717) is 17.3 Å². The molecule has 0 radical (unpaired) electrons. The summed E-state index contributed by atoms with van der Waals surface area (Å²) in [4.78, 5) is 23.6. The van der Waals surface area contributed by atoms with Crippen LogP contribution in [0.3, 0.4) is 0 Å². The Labute approximate surface area is 131 Å². The van der Waals surface area contributed by atoms with Crippen LogP contribution >= 0.6 is 0 Å². The Morgan fingerprint density at radius 1 is 1.35 bits per heavy atom. The molecule has 0 unspecified atom stereocenters. The number of esters is 1. The number of ether oxygens (including phenoxy) is 3. The van der Waals surface area contributed by atoms with Crippen molar-refractivity contribution in [2.24, 2.45) is 0 Å². The summed E-state index contributed by atoms with van der Waals surface area (Å²) in [5.41, 5.74) is 0. The van der Waals surface area contributed by atoms with Gasteiger partial charge in [-0.25, -0.2) is 4.79 Å². The van der Waals surface area contributed by atoms with E-state index in [0.717, 1.165) is 0 Å². The summed E-state index contributed by atoms with van der Waals surface area (Å²) in [5, 5.41) is 6.05. The molecular formula is C15H14N2O6. The normalized spacial score (nSPS) is 15.8. The van der Waals surface area contributed by atoms with Crippen molar-refractivity contribution in [1.82, 2.24) is 5.16 Å². The van der Waals surface area contributed by atoms with E-state index in [-0.39, 0.29) is 12.4 Å². The SMILES string of the molecule is Cc1cc(NC(=O)COC(=O)[C@@H]2COc3ccccc3O2)no1. The van der Waals surface area contributed by atoms with Crippen LogP contribution in [0.15, 0.2) is 34.9 Å². The average molecular weight is 318 g/mol. The third kappa shape index (κ3) is 3.60. The van der Waals surface area contributed by atoms with Gasteiger partial charge in [0.1, 0.15) is 12.4 Å². The van der Waals surface area contributed by atoms with Crippen molar-refractivity contribution >= 4 is 17.7 Å². The lowest BCUT2D eigenvalue weighted by Gasteiger charge is -2.24. The number of hydrogen-bond acceptors (Lipinski definition) is 7. The molecule has 0 saturated carbocycles. The molecule has 0 fully saturated rings. The Kier molecular flexibility index (Phi) is 4.13. The summed E-state index contributed by atoms with van der Waals surface area (Å²) in [6.45, 7) is 1.27. The molecule has 0 spiro atoms. The minimum absolute atomic E-state index is 0.0277. The van der Waals surface area contributed by atoms with E-state index in [1.807, 2.05) is 0 Å². The van der Waals surface area contributed by atoms with Gasteiger partial charge in [-0.1, -0.05) is 17.3 Å². The Balaban J connectivity index is 1.49. The van der Waals surface area contributed by atoms with Crippen molar-refractivity contribution in [2.75, 3.05) is 18.5 Å². The lowest BCUT2D eigenvalue weighted by atomic mass is 10.2. The van der Waals surface area contributed by atoms with Crippen molar-refractivity contribution in [3.8, 4) is 11.5 Å². The van der Waals surface area contributed by atoms with Crippen molar-refractivity contribution in [2.45, 2.75) is 13.0 Å². The number of nitrogens with zero attached hydrogens (tertiary/aromatic N) is 1. The first-order valence-corrected chi connectivity index (χ1v) is 6.90. The van der Waals surface area contributed by atoms with Gasteiger partial charge < -0.3 is 24.1 Å². The summed E-state index contributed by atoms with van der Waals surface area (Å²) in [5.74, 6) is 0.645. The van der Waals surface area contributed by atoms with Crippen molar-refractivity contribution in [3.05, 3.63) is 36.1 Å². The number of rotatable bonds is 4. The maximum Gasteiger partial charge on any atom is 0.351 e. The minimum Gasteiger partial charge on any atom is -0.485 e.